The Balaban J connectivity index is 1.80. The van der Waals surface area contributed by atoms with Crippen LogP contribution in [0.25, 0.3) is 21.8 Å². The molecule has 3 saturated carbocycles. The van der Waals surface area contributed by atoms with Crippen molar-refractivity contribution in [3.63, 3.8) is 0 Å². The lowest BCUT2D eigenvalue weighted by Crippen LogP contribution is -2.68. The highest BCUT2D eigenvalue weighted by molar-refractivity contribution is 6.00. The molecule has 3 fully saturated rings. The maximum atomic E-state index is 11.4. The Morgan fingerprint density at radius 2 is 1.41 bits per heavy atom. The monoisotopic (exact) mass is 289 g/mol. The van der Waals surface area contributed by atoms with E-state index in [1.165, 1.54) is 16.3 Å². The zero-order chi connectivity index (χ0) is 14.9. The van der Waals surface area contributed by atoms with E-state index in [0.717, 1.165) is 30.3 Å². The minimum absolute atomic E-state index is 0.0422. The van der Waals surface area contributed by atoms with E-state index in [9.17, 15) is 9.90 Å². The van der Waals surface area contributed by atoms with Crippen LogP contribution in [0.2, 0.25) is 0 Å². The lowest BCUT2D eigenvalue weighted by atomic mass is 9.33. The zero-order valence-corrected chi connectivity index (χ0v) is 12.0. The van der Waals surface area contributed by atoms with Crippen LogP contribution >= 0.6 is 0 Å². The normalized spacial score (nSPS) is 29.1. The third kappa shape index (κ3) is 1.27. The van der Waals surface area contributed by atoms with E-state index >= 15 is 0 Å². The number of benzene rings is 2. The number of carboxylic acids is 1. The highest BCUT2D eigenvalue weighted by atomic mass is 16.4. The number of hydrogen-bond acceptors (Lipinski definition) is 2. The number of rotatable bonds is 2. The predicted octanol–water partition coefficient (Wildman–Crippen LogP) is 3.89. The summed E-state index contributed by atoms with van der Waals surface area (Å²) in [6.45, 7) is 0. The molecule has 1 heterocycles. The zero-order valence-electron chi connectivity index (χ0n) is 12.0. The van der Waals surface area contributed by atoms with Crippen molar-refractivity contribution in [2.24, 2.45) is 5.41 Å². The van der Waals surface area contributed by atoms with E-state index in [1.54, 1.807) is 0 Å². The fourth-order valence-electron chi connectivity index (χ4n) is 4.69. The summed E-state index contributed by atoms with van der Waals surface area (Å²) in [6.07, 6.45) is 2.31. The van der Waals surface area contributed by atoms with Crippen LogP contribution in [0.4, 0.5) is 0 Å². The number of carbonyl (C=O) groups is 1. The fourth-order valence-corrected chi connectivity index (χ4v) is 4.69. The first-order chi connectivity index (χ1) is 10.6. The molecule has 2 aromatic carbocycles. The van der Waals surface area contributed by atoms with Gasteiger partial charge in [-0.05, 0) is 42.4 Å². The summed E-state index contributed by atoms with van der Waals surface area (Å²) < 4.78 is 0. The third-order valence-electron chi connectivity index (χ3n) is 5.60. The quantitative estimate of drug-likeness (QED) is 0.728. The number of aliphatic carboxylic acids is 1. The largest absolute Gasteiger partial charge is 0.481 e. The Bertz CT molecular complexity index is 886. The van der Waals surface area contributed by atoms with Crippen LogP contribution in [0, 0.1) is 5.41 Å². The summed E-state index contributed by atoms with van der Waals surface area (Å²) in [5, 5.41) is 11.8. The van der Waals surface area contributed by atoms with Crippen LogP contribution < -0.4 is 0 Å². The summed E-state index contributed by atoms with van der Waals surface area (Å²) in [4.78, 5) is 16.2. The summed E-state index contributed by atoms with van der Waals surface area (Å²) in [7, 11) is 0. The molecule has 0 saturated heterocycles. The van der Waals surface area contributed by atoms with Crippen LogP contribution in [-0.4, -0.2) is 16.1 Å². The Morgan fingerprint density at radius 3 is 1.91 bits per heavy atom. The SMILES string of the molecule is O=C(O)C12CC(c3c4ccccc4nc4ccccc34)(C1)C2. The fraction of sp³-hybridized carbons (Fsp3) is 0.263. The van der Waals surface area contributed by atoms with Gasteiger partial charge in [0.25, 0.3) is 0 Å². The summed E-state index contributed by atoms with van der Waals surface area (Å²) >= 11 is 0. The number of hydrogen-bond donors (Lipinski definition) is 1. The average molecular weight is 289 g/mol. The van der Waals surface area contributed by atoms with Crippen molar-refractivity contribution in [1.82, 2.24) is 4.98 Å². The van der Waals surface area contributed by atoms with Gasteiger partial charge >= 0.3 is 5.97 Å². The number of aromatic nitrogens is 1. The van der Waals surface area contributed by atoms with E-state index in [4.69, 9.17) is 4.98 Å². The van der Waals surface area contributed by atoms with Gasteiger partial charge in [-0.3, -0.25) is 4.79 Å². The van der Waals surface area contributed by atoms with Crippen molar-refractivity contribution in [3.05, 3.63) is 54.1 Å². The van der Waals surface area contributed by atoms with Gasteiger partial charge in [0, 0.05) is 10.8 Å². The van der Waals surface area contributed by atoms with Crippen molar-refractivity contribution < 1.29 is 9.90 Å². The molecule has 0 unspecified atom stereocenters. The molecular formula is C19H15NO2. The lowest BCUT2D eigenvalue weighted by molar-refractivity contribution is -0.194. The lowest BCUT2D eigenvalue weighted by Gasteiger charge is -2.68. The maximum Gasteiger partial charge on any atom is 0.309 e. The molecule has 6 rings (SSSR count). The first-order valence-electron chi connectivity index (χ1n) is 7.65. The van der Waals surface area contributed by atoms with Crippen LogP contribution in [0.5, 0.6) is 0 Å². The molecule has 3 heteroatoms. The summed E-state index contributed by atoms with van der Waals surface area (Å²) in [5.41, 5.74) is 2.92. The smallest absolute Gasteiger partial charge is 0.309 e. The van der Waals surface area contributed by atoms with Gasteiger partial charge < -0.3 is 5.11 Å². The second kappa shape index (κ2) is 3.67. The molecule has 3 nitrogen and oxygen atoms in total. The molecule has 3 aliphatic rings. The van der Waals surface area contributed by atoms with Gasteiger partial charge in [-0.1, -0.05) is 36.4 Å². The second-order valence-electron chi connectivity index (χ2n) is 6.92. The van der Waals surface area contributed by atoms with Crippen molar-refractivity contribution in [1.29, 1.82) is 0 Å². The van der Waals surface area contributed by atoms with Gasteiger partial charge in [-0.25, -0.2) is 4.98 Å². The molecule has 0 atom stereocenters. The van der Waals surface area contributed by atoms with Crippen LogP contribution in [-0.2, 0) is 10.2 Å². The van der Waals surface area contributed by atoms with Crippen molar-refractivity contribution in [2.45, 2.75) is 24.7 Å². The molecule has 0 aliphatic heterocycles. The molecule has 3 aromatic rings. The molecule has 0 spiro atoms. The third-order valence-corrected chi connectivity index (χ3v) is 5.60. The van der Waals surface area contributed by atoms with Crippen molar-refractivity contribution >= 4 is 27.8 Å². The first kappa shape index (κ1) is 12.2. The predicted molar refractivity (Wildman–Crippen MR) is 84.8 cm³/mol. The summed E-state index contributed by atoms with van der Waals surface area (Å²) in [5.74, 6) is -0.628. The first-order valence-corrected chi connectivity index (χ1v) is 7.65. The second-order valence-corrected chi connectivity index (χ2v) is 6.92. The van der Waals surface area contributed by atoms with Gasteiger partial charge in [0.1, 0.15) is 0 Å². The molecule has 1 aromatic heterocycles. The molecular weight excluding hydrogens is 274 g/mol. The van der Waals surface area contributed by atoms with E-state index in [2.05, 4.69) is 12.1 Å². The van der Waals surface area contributed by atoms with Gasteiger partial charge in [0.2, 0.25) is 0 Å². The number of fused-ring (bicyclic) bond motifs is 2. The highest BCUT2D eigenvalue weighted by Gasteiger charge is 2.72. The summed E-state index contributed by atoms with van der Waals surface area (Å²) in [6, 6.07) is 16.4. The van der Waals surface area contributed by atoms with Gasteiger partial charge in [-0.2, -0.15) is 0 Å². The van der Waals surface area contributed by atoms with E-state index in [0.29, 0.717) is 0 Å². The molecule has 108 valence electrons. The van der Waals surface area contributed by atoms with Gasteiger partial charge in [-0.15, -0.1) is 0 Å². The Labute approximate surface area is 127 Å². The maximum absolute atomic E-state index is 11.4. The minimum Gasteiger partial charge on any atom is -0.481 e. The average Bonchev–Trinajstić information content (AvgIpc) is 2.43. The molecule has 0 amide bonds. The molecule has 1 N–H and O–H groups in total. The molecule has 22 heavy (non-hydrogen) atoms. The van der Waals surface area contributed by atoms with E-state index in [1.807, 2.05) is 36.4 Å². The van der Waals surface area contributed by atoms with Gasteiger partial charge in [0.15, 0.2) is 0 Å². The highest BCUT2D eigenvalue weighted by Crippen LogP contribution is 2.74. The Hall–Kier alpha value is -2.42. The van der Waals surface area contributed by atoms with E-state index < -0.39 is 11.4 Å². The number of nitrogens with zero attached hydrogens (tertiary/aromatic N) is 1. The standard InChI is InChI=1S/C19H15NO2/c21-17(22)19-9-18(10-19,11-19)16-12-5-1-3-7-14(12)20-15-8-4-2-6-13(15)16/h1-8H,9-11H2,(H,21,22). The van der Waals surface area contributed by atoms with Crippen molar-refractivity contribution in [3.8, 4) is 0 Å². The van der Waals surface area contributed by atoms with Crippen LogP contribution in [0.3, 0.4) is 0 Å². The van der Waals surface area contributed by atoms with E-state index in [-0.39, 0.29) is 5.41 Å². The van der Waals surface area contributed by atoms with Crippen molar-refractivity contribution in [2.75, 3.05) is 0 Å². The van der Waals surface area contributed by atoms with Crippen LogP contribution in [0.15, 0.2) is 48.5 Å². The number of pyridine rings is 1. The molecule has 3 aliphatic carbocycles. The number of carboxylic acid groups (broad SMARTS) is 1. The Kier molecular flexibility index (Phi) is 2.03. The van der Waals surface area contributed by atoms with Gasteiger partial charge in [0.05, 0.1) is 16.4 Å². The number of para-hydroxylation sites is 2. The topological polar surface area (TPSA) is 50.2 Å². The van der Waals surface area contributed by atoms with Crippen LogP contribution in [0.1, 0.15) is 24.8 Å². The minimum atomic E-state index is -0.628. The molecule has 0 radical (unpaired) electrons. The Morgan fingerprint density at radius 1 is 0.909 bits per heavy atom. The molecule has 2 bridgehead atoms.